The monoisotopic (exact) mass is 368 g/mol. The fraction of sp³-hybridized carbons (Fsp3) is 0.667. The fourth-order valence-corrected chi connectivity index (χ4v) is 3.38. The van der Waals surface area contributed by atoms with Gasteiger partial charge in [0, 0.05) is 0 Å². The van der Waals surface area contributed by atoms with E-state index in [-0.39, 0.29) is 49.2 Å². The second-order valence-corrected chi connectivity index (χ2v) is 7.39. The van der Waals surface area contributed by atoms with Gasteiger partial charge in [-0.05, 0) is 18.6 Å². The van der Waals surface area contributed by atoms with Gasteiger partial charge in [0.1, 0.15) is 0 Å². The molecule has 0 bridgehead atoms. The SMILES string of the molecule is CCCCCCCCCCCCOS(=O)(=O)c1ccccc1.[CaH2]. The van der Waals surface area contributed by atoms with E-state index in [2.05, 4.69) is 6.92 Å². The standard InChI is InChI=1S/C18H30O3S.Ca.2H/c1-2-3-4-5-6-7-8-9-10-14-17-21-22(19,20)18-15-12-11-13-16-18;;;/h11-13,15-16H,2-10,14,17H2,1H3;;;. The summed E-state index contributed by atoms with van der Waals surface area (Å²) in [4.78, 5) is 0.238. The van der Waals surface area contributed by atoms with E-state index in [1.54, 1.807) is 30.3 Å². The van der Waals surface area contributed by atoms with E-state index < -0.39 is 10.1 Å². The second kappa shape index (κ2) is 14.7. The zero-order valence-electron chi connectivity index (χ0n) is 13.8. The summed E-state index contributed by atoms with van der Waals surface area (Å²) >= 11 is 0. The molecule has 0 saturated carbocycles. The Kier molecular flexibility index (Phi) is 15.0. The predicted molar refractivity (Wildman–Crippen MR) is 100.0 cm³/mol. The topological polar surface area (TPSA) is 43.4 Å². The Bertz CT molecular complexity index is 474. The maximum absolute atomic E-state index is 11.9. The molecule has 3 nitrogen and oxygen atoms in total. The van der Waals surface area contributed by atoms with E-state index in [9.17, 15) is 8.42 Å². The molecule has 0 atom stereocenters. The van der Waals surface area contributed by atoms with Crippen LogP contribution in [-0.4, -0.2) is 52.8 Å². The minimum atomic E-state index is -3.57. The summed E-state index contributed by atoms with van der Waals surface area (Å²) in [5, 5.41) is 0. The molecule has 0 heterocycles. The van der Waals surface area contributed by atoms with Crippen molar-refractivity contribution in [3.8, 4) is 0 Å². The van der Waals surface area contributed by atoms with Crippen LogP contribution in [0, 0.1) is 0 Å². The molecule has 1 rings (SSSR count). The van der Waals surface area contributed by atoms with Gasteiger partial charge in [0.05, 0.1) is 11.5 Å². The van der Waals surface area contributed by atoms with Crippen molar-refractivity contribution in [1.29, 1.82) is 0 Å². The summed E-state index contributed by atoms with van der Waals surface area (Å²) in [6.07, 6.45) is 12.3. The summed E-state index contributed by atoms with van der Waals surface area (Å²) in [5.41, 5.74) is 0. The average molecular weight is 369 g/mol. The van der Waals surface area contributed by atoms with E-state index >= 15 is 0 Å². The molecule has 0 aliphatic carbocycles. The van der Waals surface area contributed by atoms with Crippen LogP contribution in [0.15, 0.2) is 35.2 Å². The Labute approximate surface area is 172 Å². The predicted octanol–water partition coefficient (Wildman–Crippen LogP) is 4.40. The van der Waals surface area contributed by atoms with Gasteiger partial charge in [-0.2, -0.15) is 8.42 Å². The van der Waals surface area contributed by atoms with Crippen LogP contribution in [0.2, 0.25) is 0 Å². The van der Waals surface area contributed by atoms with Crippen LogP contribution in [0.5, 0.6) is 0 Å². The molecule has 23 heavy (non-hydrogen) atoms. The molecule has 130 valence electrons. The molecule has 1 aromatic carbocycles. The molecule has 0 fully saturated rings. The van der Waals surface area contributed by atoms with Crippen molar-refractivity contribution in [2.75, 3.05) is 6.61 Å². The number of hydrogen-bond donors (Lipinski definition) is 0. The molecule has 0 unspecified atom stereocenters. The first-order valence-electron chi connectivity index (χ1n) is 8.61. The van der Waals surface area contributed by atoms with Gasteiger partial charge >= 0.3 is 37.7 Å². The number of benzene rings is 1. The summed E-state index contributed by atoms with van der Waals surface area (Å²) in [7, 11) is -3.57. The minimum absolute atomic E-state index is 0. The molecule has 0 aliphatic heterocycles. The van der Waals surface area contributed by atoms with Gasteiger partial charge in [-0.3, -0.25) is 4.18 Å². The Hall–Kier alpha value is 0.390. The number of hydrogen-bond acceptors (Lipinski definition) is 3. The normalized spacial score (nSPS) is 11.2. The van der Waals surface area contributed by atoms with Crippen LogP contribution in [0.3, 0.4) is 0 Å². The molecule has 1 aromatic rings. The molecular formula is C18H32CaO3S. The Morgan fingerprint density at radius 1 is 0.783 bits per heavy atom. The summed E-state index contributed by atoms with van der Waals surface area (Å²) in [6, 6.07) is 8.33. The van der Waals surface area contributed by atoms with Gasteiger partial charge in [-0.25, -0.2) is 0 Å². The van der Waals surface area contributed by atoms with E-state index in [0.29, 0.717) is 0 Å². The molecule has 0 radical (unpaired) electrons. The molecule has 0 spiro atoms. The Morgan fingerprint density at radius 2 is 1.26 bits per heavy atom. The van der Waals surface area contributed by atoms with Crippen LogP contribution >= 0.6 is 0 Å². The van der Waals surface area contributed by atoms with Gasteiger partial charge in [-0.15, -0.1) is 0 Å². The molecule has 0 N–H and O–H groups in total. The second-order valence-electron chi connectivity index (χ2n) is 5.77. The molecule has 0 amide bonds. The van der Waals surface area contributed by atoms with Crippen LogP contribution in [-0.2, 0) is 14.3 Å². The molecule has 0 saturated heterocycles. The van der Waals surface area contributed by atoms with Crippen molar-refractivity contribution in [1.82, 2.24) is 0 Å². The van der Waals surface area contributed by atoms with Gasteiger partial charge in [0.15, 0.2) is 0 Å². The first kappa shape index (κ1) is 23.4. The molecule has 0 aromatic heterocycles. The molecule has 5 heteroatoms. The van der Waals surface area contributed by atoms with Crippen molar-refractivity contribution >= 4 is 47.9 Å². The van der Waals surface area contributed by atoms with Crippen LogP contribution in [0.4, 0.5) is 0 Å². The van der Waals surface area contributed by atoms with E-state index in [0.717, 1.165) is 12.8 Å². The first-order valence-corrected chi connectivity index (χ1v) is 10.0. The Morgan fingerprint density at radius 3 is 1.78 bits per heavy atom. The van der Waals surface area contributed by atoms with Crippen LogP contribution < -0.4 is 0 Å². The summed E-state index contributed by atoms with van der Waals surface area (Å²) in [6.45, 7) is 2.52. The maximum atomic E-state index is 11.9. The van der Waals surface area contributed by atoms with Crippen molar-refractivity contribution < 1.29 is 12.6 Å². The van der Waals surface area contributed by atoms with E-state index in [1.165, 1.54) is 51.4 Å². The van der Waals surface area contributed by atoms with Crippen LogP contribution in [0.25, 0.3) is 0 Å². The third-order valence-electron chi connectivity index (χ3n) is 3.77. The quantitative estimate of drug-likeness (QED) is 0.294. The van der Waals surface area contributed by atoms with Crippen LogP contribution in [0.1, 0.15) is 71.1 Å². The third-order valence-corrected chi connectivity index (χ3v) is 5.09. The van der Waals surface area contributed by atoms with Gasteiger partial charge < -0.3 is 0 Å². The van der Waals surface area contributed by atoms with Gasteiger partial charge in [-0.1, -0.05) is 82.9 Å². The van der Waals surface area contributed by atoms with Gasteiger partial charge in [0.2, 0.25) is 0 Å². The zero-order chi connectivity index (χ0) is 16.1. The van der Waals surface area contributed by atoms with Crippen molar-refractivity contribution in [3.05, 3.63) is 30.3 Å². The molecule has 0 aliphatic rings. The zero-order valence-corrected chi connectivity index (χ0v) is 14.6. The van der Waals surface area contributed by atoms with Crippen molar-refractivity contribution in [2.45, 2.75) is 76.0 Å². The average Bonchev–Trinajstić information content (AvgIpc) is 2.53. The third kappa shape index (κ3) is 11.5. The first-order chi connectivity index (χ1) is 10.7. The number of unbranched alkanes of at least 4 members (excludes halogenated alkanes) is 9. The number of rotatable bonds is 13. The summed E-state index contributed by atoms with van der Waals surface area (Å²) in [5.74, 6) is 0. The van der Waals surface area contributed by atoms with Crippen molar-refractivity contribution in [2.24, 2.45) is 0 Å². The molecular weight excluding hydrogens is 336 g/mol. The fourth-order valence-electron chi connectivity index (χ4n) is 2.41. The van der Waals surface area contributed by atoms with Gasteiger partial charge in [0.25, 0.3) is 10.1 Å². The Balaban J connectivity index is 0.00000484. The van der Waals surface area contributed by atoms with Crippen molar-refractivity contribution in [3.63, 3.8) is 0 Å². The van der Waals surface area contributed by atoms with E-state index in [1.807, 2.05) is 0 Å². The summed E-state index contributed by atoms with van der Waals surface area (Å²) < 4.78 is 28.8. The van der Waals surface area contributed by atoms with E-state index in [4.69, 9.17) is 4.18 Å².